The SMILES string of the molecule is CCn1c(N(C)Cc2ccc(OC)cc2)n[nH]c1=S. The van der Waals surface area contributed by atoms with E-state index >= 15 is 0 Å². The van der Waals surface area contributed by atoms with Crippen molar-refractivity contribution >= 4 is 18.2 Å². The molecule has 0 saturated carbocycles. The maximum absolute atomic E-state index is 5.19. The number of hydrogen-bond donors (Lipinski definition) is 1. The Kier molecular flexibility index (Phi) is 4.21. The van der Waals surface area contributed by atoms with Crippen LogP contribution in [0.1, 0.15) is 12.5 Å². The zero-order chi connectivity index (χ0) is 13.8. The van der Waals surface area contributed by atoms with E-state index in [9.17, 15) is 0 Å². The van der Waals surface area contributed by atoms with Gasteiger partial charge in [-0.05, 0) is 36.8 Å². The molecule has 0 unspecified atom stereocenters. The first-order chi connectivity index (χ1) is 9.15. The minimum atomic E-state index is 0.652. The lowest BCUT2D eigenvalue weighted by Gasteiger charge is -2.18. The predicted octanol–water partition coefficient (Wildman–Crippen LogP) is 2.61. The molecule has 5 nitrogen and oxygen atoms in total. The summed E-state index contributed by atoms with van der Waals surface area (Å²) in [7, 11) is 3.67. The van der Waals surface area contributed by atoms with E-state index in [1.54, 1.807) is 7.11 Å². The van der Waals surface area contributed by atoms with Crippen LogP contribution in [0.4, 0.5) is 5.95 Å². The van der Waals surface area contributed by atoms with Crippen LogP contribution in [0.15, 0.2) is 24.3 Å². The summed E-state index contributed by atoms with van der Waals surface area (Å²) >= 11 is 5.19. The lowest BCUT2D eigenvalue weighted by molar-refractivity contribution is 0.414. The second kappa shape index (κ2) is 5.88. The molecule has 102 valence electrons. The number of nitrogens with one attached hydrogen (secondary N) is 1. The molecule has 0 bridgehead atoms. The van der Waals surface area contributed by atoms with Crippen molar-refractivity contribution in [1.29, 1.82) is 0 Å². The average Bonchev–Trinajstić information content (AvgIpc) is 2.80. The number of rotatable bonds is 5. The molecule has 1 aromatic carbocycles. The fourth-order valence-corrected chi connectivity index (χ4v) is 2.22. The Morgan fingerprint density at radius 3 is 2.63 bits per heavy atom. The minimum absolute atomic E-state index is 0.652. The van der Waals surface area contributed by atoms with Crippen LogP contribution in [-0.4, -0.2) is 28.9 Å². The summed E-state index contributed by atoms with van der Waals surface area (Å²) in [5.74, 6) is 1.71. The van der Waals surface area contributed by atoms with Gasteiger partial charge in [-0.25, -0.2) is 5.10 Å². The van der Waals surface area contributed by atoms with E-state index in [-0.39, 0.29) is 0 Å². The number of aromatic amines is 1. The standard InChI is InChI=1S/C13H18N4OS/c1-4-17-12(14-15-13(17)19)16(2)9-10-5-7-11(18-3)8-6-10/h5-8H,4,9H2,1-3H3,(H,15,19). The molecule has 0 fully saturated rings. The number of nitrogens with zero attached hydrogens (tertiary/aromatic N) is 3. The smallest absolute Gasteiger partial charge is 0.225 e. The van der Waals surface area contributed by atoms with Crippen LogP contribution < -0.4 is 9.64 Å². The number of aromatic nitrogens is 3. The summed E-state index contributed by atoms with van der Waals surface area (Å²) in [5.41, 5.74) is 1.19. The molecule has 2 rings (SSSR count). The molecule has 0 spiro atoms. The Morgan fingerprint density at radius 1 is 1.37 bits per heavy atom. The van der Waals surface area contributed by atoms with Gasteiger partial charge in [0.15, 0.2) is 4.77 Å². The Balaban J connectivity index is 2.15. The molecular formula is C13H18N4OS. The highest BCUT2D eigenvalue weighted by molar-refractivity contribution is 7.71. The van der Waals surface area contributed by atoms with E-state index in [0.29, 0.717) is 4.77 Å². The molecule has 0 saturated heterocycles. The monoisotopic (exact) mass is 278 g/mol. The summed E-state index contributed by atoms with van der Waals surface area (Å²) in [4.78, 5) is 2.07. The first kappa shape index (κ1) is 13.6. The molecule has 0 atom stereocenters. The van der Waals surface area contributed by atoms with Crippen molar-refractivity contribution in [3.05, 3.63) is 34.6 Å². The van der Waals surface area contributed by atoms with Crippen molar-refractivity contribution in [3.8, 4) is 5.75 Å². The van der Waals surface area contributed by atoms with Gasteiger partial charge in [-0.1, -0.05) is 12.1 Å². The molecule has 6 heteroatoms. The number of benzene rings is 1. The maximum Gasteiger partial charge on any atom is 0.225 e. The topological polar surface area (TPSA) is 46.1 Å². The van der Waals surface area contributed by atoms with Crippen LogP contribution in [0.3, 0.4) is 0 Å². The maximum atomic E-state index is 5.19. The zero-order valence-electron chi connectivity index (χ0n) is 11.4. The number of methoxy groups -OCH3 is 1. The normalized spacial score (nSPS) is 10.5. The van der Waals surface area contributed by atoms with Crippen LogP contribution in [0, 0.1) is 4.77 Å². The summed E-state index contributed by atoms with van der Waals surface area (Å²) in [6.45, 7) is 3.62. The van der Waals surface area contributed by atoms with Crippen LogP contribution in [0.5, 0.6) is 5.75 Å². The minimum Gasteiger partial charge on any atom is -0.497 e. The Hall–Kier alpha value is -1.82. The molecule has 1 heterocycles. The van der Waals surface area contributed by atoms with E-state index in [1.165, 1.54) is 5.56 Å². The lowest BCUT2D eigenvalue weighted by Crippen LogP contribution is -2.20. The highest BCUT2D eigenvalue weighted by Crippen LogP contribution is 2.16. The Bertz CT molecular complexity index is 587. The fraction of sp³-hybridized carbons (Fsp3) is 0.385. The molecule has 0 aliphatic rings. The number of H-pyrrole nitrogens is 1. The van der Waals surface area contributed by atoms with E-state index in [0.717, 1.165) is 24.8 Å². The number of hydrogen-bond acceptors (Lipinski definition) is 4. The van der Waals surface area contributed by atoms with E-state index < -0.39 is 0 Å². The molecule has 0 aliphatic carbocycles. The third-order valence-corrected chi connectivity index (χ3v) is 3.29. The molecule has 19 heavy (non-hydrogen) atoms. The second-order valence-corrected chi connectivity index (χ2v) is 4.66. The third kappa shape index (κ3) is 2.96. The van der Waals surface area contributed by atoms with E-state index in [2.05, 4.69) is 22.0 Å². The lowest BCUT2D eigenvalue weighted by atomic mass is 10.2. The molecule has 0 radical (unpaired) electrons. The van der Waals surface area contributed by atoms with E-state index in [4.69, 9.17) is 17.0 Å². The third-order valence-electron chi connectivity index (χ3n) is 2.97. The van der Waals surface area contributed by atoms with Gasteiger partial charge in [-0.2, -0.15) is 0 Å². The highest BCUT2D eigenvalue weighted by Gasteiger charge is 2.10. The summed E-state index contributed by atoms with van der Waals surface area (Å²) in [6.07, 6.45) is 0. The van der Waals surface area contributed by atoms with Gasteiger partial charge in [0, 0.05) is 20.1 Å². The molecule has 0 amide bonds. The van der Waals surface area contributed by atoms with Crippen molar-refractivity contribution in [2.75, 3.05) is 19.1 Å². The van der Waals surface area contributed by atoms with Crippen molar-refractivity contribution in [3.63, 3.8) is 0 Å². The largest absolute Gasteiger partial charge is 0.497 e. The summed E-state index contributed by atoms with van der Waals surface area (Å²) in [5, 5.41) is 7.09. The predicted molar refractivity (Wildman–Crippen MR) is 78.2 cm³/mol. The van der Waals surface area contributed by atoms with Gasteiger partial charge in [-0.15, -0.1) is 5.10 Å². The molecule has 0 aliphatic heterocycles. The molecule has 2 aromatic rings. The van der Waals surface area contributed by atoms with E-state index in [1.807, 2.05) is 35.9 Å². The van der Waals surface area contributed by atoms with Crippen LogP contribution in [0.25, 0.3) is 0 Å². The van der Waals surface area contributed by atoms with Crippen molar-refractivity contribution < 1.29 is 4.74 Å². The van der Waals surface area contributed by atoms with Crippen LogP contribution in [-0.2, 0) is 13.1 Å². The summed E-state index contributed by atoms with van der Waals surface area (Å²) < 4.78 is 7.77. The first-order valence-electron chi connectivity index (χ1n) is 6.15. The zero-order valence-corrected chi connectivity index (χ0v) is 12.2. The first-order valence-corrected chi connectivity index (χ1v) is 6.55. The summed E-state index contributed by atoms with van der Waals surface area (Å²) in [6, 6.07) is 8.01. The Morgan fingerprint density at radius 2 is 2.05 bits per heavy atom. The van der Waals surface area contributed by atoms with Crippen molar-refractivity contribution in [2.45, 2.75) is 20.0 Å². The second-order valence-electron chi connectivity index (χ2n) is 4.28. The van der Waals surface area contributed by atoms with Gasteiger partial charge in [0.25, 0.3) is 0 Å². The van der Waals surface area contributed by atoms with Gasteiger partial charge >= 0.3 is 0 Å². The van der Waals surface area contributed by atoms with Crippen LogP contribution in [0.2, 0.25) is 0 Å². The van der Waals surface area contributed by atoms with Crippen LogP contribution >= 0.6 is 12.2 Å². The molecule has 1 N–H and O–H groups in total. The molecular weight excluding hydrogens is 260 g/mol. The van der Waals surface area contributed by atoms with Gasteiger partial charge < -0.3 is 9.64 Å². The number of ether oxygens (including phenoxy) is 1. The quantitative estimate of drug-likeness (QED) is 0.854. The van der Waals surface area contributed by atoms with Gasteiger partial charge in [0.2, 0.25) is 5.95 Å². The van der Waals surface area contributed by atoms with Gasteiger partial charge in [0.1, 0.15) is 5.75 Å². The Labute approximate surface area is 117 Å². The van der Waals surface area contributed by atoms with Crippen molar-refractivity contribution in [1.82, 2.24) is 14.8 Å². The number of anilines is 1. The average molecular weight is 278 g/mol. The molecule has 1 aromatic heterocycles. The fourth-order valence-electron chi connectivity index (χ4n) is 1.96. The highest BCUT2D eigenvalue weighted by atomic mass is 32.1. The van der Waals surface area contributed by atoms with Gasteiger partial charge in [-0.3, -0.25) is 4.57 Å². The van der Waals surface area contributed by atoms with Crippen molar-refractivity contribution in [2.24, 2.45) is 0 Å². The van der Waals surface area contributed by atoms with Gasteiger partial charge in [0.05, 0.1) is 7.11 Å².